The molecule has 2 saturated heterocycles. The van der Waals surface area contributed by atoms with Crippen LogP contribution in [0.4, 0.5) is 5.69 Å². The van der Waals surface area contributed by atoms with Gasteiger partial charge in [0.15, 0.2) is 0 Å². The zero-order valence-electron chi connectivity index (χ0n) is 20.8. The number of benzene rings is 2. The Morgan fingerprint density at radius 3 is 2.53 bits per heavy atom. The first kappa shape index (κ1) is 24.8. The monoisotopic (exact) mass is 507 g/mol. The molecule has 0 saturated carbocycles. The first-order valence-corrected chi connectivity index (χ1v) is 13.3. The van der Waals surface area contributed by atoms with Gasteiger partial charge in [-0.25, -0.2) is 0 Å². The van der Waals surface area contributed by atoms with Gasteiger partial charge >= 0.3 is 0 Å². The number of carbonyl (C=O) groups is 1. The summed E-state index contributed by atoms with van der Waals surface area (Å²) in [6.07, 6.45) is 4.24. The first-order chi connectivity index (χ1) is 17.5. The van der Waals surface area contributed by atoms with E-state index in [9.17, 15) is 4.79 Å². The Balaban J connectivity index is 1.05. The van der Waals surface area contributed by atoms with Crippen LogP contribution in [0.5, 0.6) is 0 Å². The highest BCUT2D eigenvalue weighted by Crippen LogP contribution is 2.24. The Hall–Kier alpha value is -2.90. The summed E-state index contributed by atoms with van der Waals surface area (Å²) in [5.74, 6) is 2.09. The lowest BCUT2D eigenvalue weighted by molar-refractivity contribution is -0.126. The second-order valence-electron chi connectivity index (χ2n) is 10.1. The Labute approximate surface area is 217 Å². The average Bonchev–Trinajstić information content (AvgIpc) is 3.37. The van der Waals surface area contributed by atoms with E-state index in [1.807, 2.05) is 24.3 Å². The highest BCUT2D eigenvalue weighted by Gasteiger charge is 2.26. The highest BCUT2D eigenvalue weighted by molar-refractivity contribution is 6.30. The van der Waals surface area contributed by atoms with Crippen molar-refractivity contribution in [2.24, 2.45) is 11.8 Å². The Morgan fingerprint density at radius 2 is 1.81 bits per heavy atom. The van der Waals surface area contributed by atoms with Gasteiger partial charge in [-0.15, -0.1) is 0 Å². The molecule has 0 spiro atoms. The number of nitrogens with one attached hydrogen (secondary N) is 1. The molecule has 3 heterocycles. The molecule has 3 aromatic rings. The lowest BCUT2D eigenvalue weighted by atomic mass is 9.96. The number of likely N-dealkylation sites (tertiary alicyclic amines) is 1. The number of piperidine rings is 2. The normalized spacial score (nSPS) is 19.4. The summed E-state index contributed by atoms with van der Waals surface area (Å²) in [5.41, 5.74) is 3.30. The molecule has 2 aliphatic rings. The minimum atomic E-state index is 0.0441. The van der Waals surface area contributed by atoms with Gasteiger partial charge in [-0.3, -0.25) is 9.69 Å². The molecule has 8 heteroatoms. The maximum atomic E-state index is 12.8. The van der Waals surface area contributed by atoms with Crippen LogP contribution >= 0.6 is 11.6 Å². The smallest absolute Gasteiger partial charge is 0.241 e. The number of nitrogens with zero attached hydrogens (tertiary/aromatic N) is 4. The van der Waals surface area contributed by atoms with Crippen LogP contribution in [-0.4, -0.2) is 47.1 Å². The van der Waals surface area contributed by atoms with Crippen LogP contribution in [0.2, 0.25) is 5.02 Å². The van der Waals surface area contributed by atoms with Crippen molar-refractivity contribution in [1.29, 1.82) is 0 Å². The van der Waals surface area contributed by atoms with Crippen molar-refractivity contribution in [3.8, 4) is 11.4 Å². The molecule has 2 aliphatic heterocycles. The predicted octanol–water partition coefficient (Wildman–Crippen LogP) is 5.15. The Bertz CT molecular complexity index is 1140. The second-order valence-corrected chi connectivity index (χ2v) is 10.6. The molecular formula is C28H34ClN5O2. The van der Waals surface area contributed by atoms with E-state index in [0.717, 1.165) is 56.1 Å². The molecule has 2 fully saturated rings. The van der Waals surface area contributed by atoms with E-state index in [4.69, 9.17) is 16.1 Å². The van der Waals surface area contributed by atoms with Crippen LogP contribution in [0.3, 0.4) is 0 Å². The fraction of sp³-hybridized carbons (Fsp3) is 0.464. The predicted molar refractivity (Wildman–Crippen MR) is 142 cm³/mol. The van der Waals surface area contributed by atoms with Gasteiger partial charge in [0.05, 0.1) is 6.54 Å². The molecule has 1 N–H and O–H groups in total. The van der Waals surface area contributed by atoms with E-state index in [1.54, 1.807) is 0 Å². The van der Waals surface area contributed by atoms with Gasteiger partial charge in [0.1, 0.15) is 0 Å². The number of rotatable bonds is 7. The van der Waals surface area contributed by atoms with Gasteiger partial charge < -0.3 is 14.7 Å². The molecule has 1 amide bonds. The highest BCUT2D eigenvalue weighted by atomic mass is 35.5. The number of hydrogen-bond donors (Lipinski definition) is 1. The molecule has 0 radical (unpaired) electrons. The zero-order valence-corrected chi connectivity index (χ0v) is 21.6. The minimum absolute atomic E-state index is 0.0441. The van der Waals surface area contributed by atoms with Gasteiger partial charge in [0.2, 0.25) is 17.6 Å². The number of carbonyl (C=O) groups excluding carboxylic acids is 1. The number of hydrogen-bond acceptors (Lipinski definition) is 6. The summed E-state index contributed by atoms with van der Waals surface area (Å²) in [5, 5.41) is 7.91. The number of amides is 1. The Morgan fingerprint density at radius 1 is 1.06 bits per heavy atom. The SMILES string of the molecule is CC1CCCN(c2ccc(CNC(=O)C3CCN(Cc4nc(-c5ccc(Cl)cc5)no4)CC3)cc2)C1. The fourth-order valence-electron chi connectivity index (χ4n) is 5.16. The van der Waals surface area contributed by atoms with E-state index in [1.165, 1.54) is 18.5 Å². The molecular weight excluding hydrogens is 474 g/mol. The molecule has 1 unspecified atom stereocenters. The molecule has 1 atom stereocenters. The van der Waals surface area contributed by atoms with Crippen LogP contribution < -0.4 is 10.2 Å². The largest absolute Gasteiger partial charge is 0.371 e. The third-order valence-corrected chi connectivity index (χ3v) is 7.56. The lowest BCUT2D eigenvalue weighted by Gasteiger charge is -2.33. The standard InChI is InChI=1S/C28H34ClN5O2/c1-20-3-2-14-34(18-20)25-10-4-21(5-11-25)17-30-28(35)23-12-15-33(16-13-23)19-26-31-27(32-36-26)22-6-8-24(29)9-7-22/h4-11,20,23H,2-3,12-19H2,1H3,(H,30,35). The van der Waals surface area contributed by atoms with E-state index in [0.29, 0.717) is 29.8 Å². The van der Waals surface area contributed by atoms with E-state index in [2.05, 4.69) is 56.4 Å². The summed E-state index contributed by atoms with van der Waals surface area (Å²) in [6, 6.07) is 16.0. The topological polar surface area (TPSA) is 74.5 Å². The van der Waals surface area contributed by atoms with Crippen LogP contribution in [0.25, 0.3) is 11.4 Å². The summed E-state index contributed by atoms with van der Waals surface area (Å²) in [4.78, 5) is 22.0. The van der Waals surface area contributed by atoms with Crippen LogP contribution in [-0.2, 0) is 17.9 Å². The maximum Gasteiger partial charge on any atom is 0.241 e. The summed E-state index contributed by atoms with van der Waals surface area (Å²) >= 11 is 5.95. The van der Waals surface area contributed by atoms with Gasteiger partial charge in [-0.1, -0.05) is 35.8 Å². The average molecular weight is 508 g/mol. The summed E-state index contributed by atoms with van der Waals surface area (Å²) in [6.45, 7) is 7.42. The number of halogens is 1. The van der Waals surface area contributed by atoms with Gasteiger partial charge in [0, 0.05) is 41.8 Å². The molecule has 36 heavy (non-hydrogen) atoms. The lowest BCUT2D eigenvalue weighted by Crippen LogP contribution is -2.40. The molecule has 0 aliphatic carbocycles. The van der Waals surface area contributed by atoms with Crippen molar-refractivity contribution in [3.63, 3.8) is 0 Å². The fourth-order valence-corrected chi connectivity index (χ4v) is 5.29. The third kappa shape index (κ3) is 6.26. The van der Waals surface area contributed by atoms with Crippen LogP contribution in [0.1, 0.15) is 44.1 Å². The molecule has 190 valence electrons. The quantitative estimate of drug-likeness (QED) is 0.476. The van der Waals surface area contributed by atoms with Crippen molar-refractivity contribution < 1.29 is 9.32 Å². The molecule has 5 rings (SSSR count). The Kier molecular flexibility index (Phi) is 7.87. The zero-order chi connectivity index (χ0) is 24.9. The minimum Gasteiger partial charge on any atom is -0.371 e. The molecule has 1 aromatic heterocycles. The number of anilines is 1. The third-order valence-electron chi connectivity index (χ3n) is 7.31. The van der Waals surface area contributed by atoms with Crippen molar-refractivity contribution in [3.05, 3.63) is 65.0 Å². The van der Waals surface area contributed by atoms with Gasteiger partial charge in [-0.2, -0.15) is 4.98 Å². The van der Waals surface area contributed by atoms with Crippen molar-refractivity contribution >= 4 is 23.2 Å². The number of aromatic nitrogens is 2. The molecule has 0 bridgehead atoms. The van der Waals surface area contributed by atoms with Crippen molar-refractivity contribution in [2.75, 3.05) is 31.1 Å². The van der Waals surface area contributed by atoms with Crippen LogP contribution in [0.15, 0.2) is 53.1 Å². The molecule has 2 aromatic carbocycles. The van der Waals surface area contributed by atoms with E-state index in [-0.39, 0.29) is 11.8 Å². The first-order valence-electron chi connectivity index (χ1n) is 13.0. The van der Waals surface area contributed by atoms with E-state index < -0.39 is 0 Å². The summed E-state index contributed by atoms with van der Waals surface area (Å²) < 4.78 is 5.45. The van der Waals surface area contributed by atoms with E-state index >= 15 is 0 Å². The summed E-state index contributed by atoms with van der Waals surface area (Å²) in [7, 11) is 0. The van der Waals surface area contributed by atoms with Gasteiger partial charge in [0.25, 0.3) is 0 Å². The van der Waals surface area contributed by atoms with Crippen molar-refractivity contribution in [2.45, 2.75) is 45.7 Å². The maximum absolute atomic E-state index is 12.8. The van der Waals surface area contributed by atoms with Crippen LogP contribution in [0, 0.1) is 11.8 Å². The van der Waals surface area contributed by atoms with Gasteiger partial charge in [-0.05, 0) is 86.7 Å². The second kappa shape index (κ2) is 11.4. The molecule has 7 nitrogen and oxygen atoms in total. The van der Waals surface area contributed by atoms with Crippen molar-refractivity contribution in [1.82, 2.24) is 20.4 Å².